The molecule has 0 heterocycles. The second kappa shape index (κ2) is 10.9. The molecule has 0 unspecified atom stereocenters. The Kier molecular flexibility index (Phi) is 8.06. The fourth-order valence-corrected chi connectivity index (χ4v) is 3.58. The van der Waals surface area contributed by atoms with Crippen molar-refractivity contribution in [2.45, 2.75) is 26.4 Å². The molecule has 3 aromatic rings. The van der Waals surface area contributed by atoms with Crippen molar-refractivity contribution in [2.24, 2.45) is 0 Å². The lowest BCUT2D eigenvalue weighted by Gasteiger charge is -2.26. The van der Waals surface area contributed by atoms with Gasteiger partial charge in [-0.25, -0.2) is 13.2 Å². The van der Waals surface area contributed by atoms with E-state index in [1.807, 2.05) is 0 Å². The number of hydrogen-bond acceptors (Lipinski definition) is 4. The van der Waals surface area contributed by atoms with Gasteiger partial charge >= 0.3 is 5.97 Å². The summed E-state index contributed by atoms with van der Waals surface area (Å²) in [5.41, 5.74) is 0.0799. The third kappa shape index (κ3) is 6.75. The summed E-state index contributed by atoms with van der Waals surface area (Å²) in [6.45, 7) is 4.27. The summed E-state index contributed by atoms with van der Waals surface area (Å²) < 4.78 is 47.7. The number of halogens is 3. The molecule has 0 aromatic heterocycles. The van der Waals surface area contributed by atoms with Crippen LogP contribution in [0.5, 0.6) is 0 Å². The molecule has 0 radical (unpaired) electrons. The van der Waals surface area contributed by atoms with Crippen molar-refractivity contribution in [3.63, 3.8) is 0 Å². The Bertz CT molecular complexity index is 1310. The quantitative estimate of drug-likeness (QED) is 0.412. The topological polar surface area (TPSA) is 66.9 Å². The average molecular weight is 513 g/mol. The van der Waals surface area contributed by atoms with Crippen LogP contribution in [0.3, 0.4) is 0 Å². The molecule has 194 valence electrons. The van der Waals surface area contributed by atoms with E-state index in [9.17, 15) is 27.6 Å². The highest BCUT2D eigenvalue weighted by Gasteiger charge is 2.29. The number of esters is 1. The number of benzene rings is 3. The van der Waals surface area contributed by atoms with E-state index in [1.165, 1.54) is 11.0 Å². The molecule has 0 saturated carbocycles. The van der Waals surface area contributed by atoms with E-state index in [1.54, 1.807) is 77.3 Å². The third-order valence-corrected chi connectivity index (χ3v) is 5.20. The lowest BCUT2D eigenvalue weighted by Crippen LogP contribution is -2.39. The molecule has 3 aromatic carbocycles. The Morgan fingerprint density at radius 3 is 1.95 bits per heavy atom. The molecule has 0 fully saturated rings. The SMILES string of the molecule is CN(C)C(=O)c1ccc(-c2cccc(N(CC(=O)OC(C)(C)C)C(=O)c3c(F)cc(F)cc3F)c2)cc1. The van der Waals surface area contributed by atoms with Crippen LogP contribution in [0.15, 0.2) is 60.7 Å². The minimum Gasteiger partial charge on any atom is -0.459 e. The van der Waals surface area contributed by atoms with Gasteiger partial charge in [-0.05, 0) is 56.2 Å². The maximum Gasteiger partial charge on any atom is 0.326 e. The summed E-state index contributed by atoms with van der Waals surface area (Å²) in [5.74, 6) is -6.12. The summed E-state index contributed by atoms with van der Waals surface area (Å²) in [7, 11) is 3.28. The fourth-order valence-electron chi connectivity index (χ4n) is 3.58. The standard InChI is InChI=1S/C28H27F3N2O4/c1-28(2,3)37-24(34)16-33(27(36)25-22(30)14-20(29)15-23(25)31)21-8-6-7-19(13-21)17-9-11-18(12-10-17)26(35)32(4)5/h6-15H,16H2,1-5H3. The predicted molar refractivity (Wildman–Crippen MR) is 134 cm³/mol. The summed E-state index contributed by atoms with van der Waals surface area (Å²) in [6.07, 6.45) is 0. The number of amides is 2. The summed E-state index contributed by atoms with van der Waals surface area (Å²) in [5, 5.41) is 0. The number of rotatable bonds is 6. The van der Waals surface area contributed by atoms with Crippen molar-refractivity contribution in [3.8, 4) is 11.1 Å². The Labute approximate surface area is 213 Å². The molecule has 0 atom stereocenters. The fraction of sp³-hybridized carbons (Fsp3) is 0.250. The van der Waals surface area contributed by atoms with Crippen molar-refractivity contribution in [2.75, 3.05) is 25.5 Å². The number of nitrogens with zero attached hydrogens (tertiary/aromatic N) is 2. The van der Waals surface area contributed by atoms with Crippen molar-refractivity contribution in [3.05, 3.63) is 89.2 Å². The van der Waals surface area contributed by atoms with Gasteiger partial charge in [0.2, 0.25) is 0 Å². The van der Waals surface area contributed by atoms with Crippen LogP contribution in [-0.4, -0.2) is 48.9 Å². The van der Waals surface area contributed by atoms with Crippen LogP contribution in [-0.2, 0) is 9.53 Å². The highest BCUT2D eigenvalue weighted by molar-refractivity contribution is 6.09. The van der Waals surface area contributed by atoms with Gasteiger partial charge in [0.1, 0.15) is 35.2 Å². The normalized spacial score (nSPS) is 11.1. The zero-order chi connectivity index (χ0) is 27.5. The Balaban J connectivity index is 2.03. The number of carbonyl (C=O) groups is 3. The van der Waals surface area contributed by atoms with E-state index in [-0.39, 0.29) is 11.6 Å². The summed E-state index contributed by atoms with van der Waals surface area (Å²) in [6, 6.07) is 13.9. The van der Waals surface area contributed by atoms with Gasteiger partial charge in [0.05, 0.1) is 0 Å². The Hall–Kier alpha value is -4.14. The molecule has 6 nitrogen and oxygen atoms in total. The second-order valence-corrected chi connectivity index (χ2v) is 9.55. The largest absolute Gasteiger partial charge is 0.459 e. The smallest absolute Gasteiger partial charge is 0.326 e. The molecule has 9 heteroatoms. The minimum absolute atomic E-state index is 0.157. The van der Waals surface area contributed by atoms with Gasteiger partial charge in [0.15, 0.2) is 0 Å². The summed E-state index contributed by atoms with van der Waals surface area (Å²) >= 11 is 0. The van der Waals surface area contributed by atoms with Gasteiger partial charge in [0.25, 0.3) is 11.8 Å². The highest BCUT2D eigenvalue weighted by atomic mass is 19.1. The lowest BCUT2D eigenvalue weighted by molar-refractivity contribution is -0.152. The van der Waals surface area contributed by atoms with Crippen LogP contribution < -0.4 is 4.90 Å². The number of hydrogen-bond donors (Lipinski definition) is 0. The first-order valence-electron chi connectivity index (χ1n) is 11.4. The molecule has 0 saturated heterocycles. The molecular weight excluding hydrogens is 485 g/mol. The van der Waals surface area contributed by atoms with E-state index in [0.717, 1.165) is 4.90 Å². The van der Waals surface area contributed by atoms with Crippen LogP contribution >= 0.6 is 0 Å². The van der Waals surface area contributed by atoms with Gasteiger partial charge in [-0.15, -0.1) is 0 Å². The van der Waals surface area contributed by atoms with Crippen LogP contribution in [0.25, 0.3) is 11.1 Å². The molecule has 0 aliphatic rings. The van der Waals surface area contributed by atoms with Gasteiger partial charge in [-0.2, -0.15) is 0 Å². The minimum atomic E-state index is -1.39. The van der Waals surface area contributed by atoms with Crippen LogP contribution in [0, 0.1) is 17.5 Å². The molecule has 0 N–H and O–H groups in total. The molecule has 0 aliphatic carbocycles. The molecule has 0 spiro atoms. The second-order valence-electron chi connectivity index (χ2n) is 9.55. The molecule has 2 amide bonds. The first kappa shape index (κ1) is 27.4. The Morgan fingerprint density at radius 2 is 1.41 bits per heavy atom. The lowest BCUT2D eigenvalue weighted by atomic mass is 10.0. The van der Waals surface area contributed by atoms with E-state index >= 15 is 0 Å². The molecular formula is C28H27F3N2O4. The zero-order valence-electron chi connectivity index (χ0n) is 21.1. The number of ether oxygens (including phenoxy) is 1. The van der Waals surface area contributed by atoms with Crippen molar-refractivity contribution < 1.29 is 32.3 Å². The summed E-state index contributed by atoms with van der Waals surface area (Å²) in [4.78, 5) is 40.4. The van der Waals surface area contributed by atoms with Gasteiger partial charge < -0.3 is 9.64 Å². The number of anilines is 1. The molecule has 0 bridgehead atoms. The molecule has 3 rings (SSSR count). The molecule has 0 aliphatic heterocycles. The molecule has 37 heavy (non-hydrogen) atoms. The van der Waals surface area contributed by atoms with Crippen molar-refractivity contribution in [1.82, 2.24) is 4.90 Å². The van der Waals surface area contributed by atoms with Gasteiger partial charge in [-0.3, -0.25) is 19.3 Å². The van der Waals surface area contributed by atoms with Crippen LogP contribution in [0.4, 0.5) is 18.9 Å². The van der Waals surface area contributed by atoms with Gasteiger partial charge in [0, 0.05) is 37.5 Å². The van der Waals surface area contributed by atoms with Crippen molar-refractivity contribution in [1.29, 1.82) is 0 Å². The van der Waals surface area contributed by atoms with Gasteiger partial charge in [-0.1, -0.05) is 24.3 Å². The zero-order valence-corrected chi connectivity index (χ0v) is 21.1. The van der Waals surface area contributed by atoms with E-state index in [0.29, 0.717) is 28.8 Å². The average Bonchev–Trinajstić information content (AvgIpc) is 2.80. The van der Waals surface area contributed by atoms with Crippen LogP contribution in [0.2, 0.25) is 0 Å². The predicted octanol–water partition coefficient (Wildman–Crippen LogP) is 5.46. The van der Waals surface area contributed by atoms with E-state index < -0.39 is 47.0 Å². The van der Waals surface area contributed by atoms with E-state index in [2.05, 4.69) is 0 Å². The first-order chi connectivity index (χ1) is 17.3. The Morgan fingerprint density at radius 1 is 0.811 bits per heavy atom. The maximum atomic E-state index is 14.5. The third-order valence-electron chi connectivity index (χ3n) is 5.20. The van der Waals surface area contributed by atoms with Crippen molar-refractivity contribution >= 4 is 23.5 Å². The highest BCUT2D eigenvalue weighted by Crippen LogP contribution is 2.28. The maximum absolute atomic E-state index is 14.5. The monoisotopic (exact) mass is 512 g/mol. The number of carbonyl (C=O) groups excluding carboxylic acids is 3. The van der Waals surface area contributed by atoms with Crippen LogP contribution in [0.1, 0.15) is 41.5 Å². The van der Waals surface area contributed by atoms with E-state index in [4.69, 9.17) is 4.74 Å². The first-order valence-corrected chi connectivity index (χ1v) is 11.4.